The van der Waals surface area contributed by atoms with Gasteiger partial charge in [0.15, 0.2) is 5.58 Å². The molecule has 0 amide bonds. The van der Waals surface area contributed by atoms with Gasteiger partial charge in [-0.1, -0.05) is 37.0 Å². The molecule has 0 atom stereocenters. The predicted molar refractivity (Wildman–Crippen MR) is 68.2 cm³/mol. The van der Waals surface area contributed by atoms with E-state index in [9.17, 15) is 0 Å². The molecule has 0 aliphatic rings. The molecule has 0 aliphatic carbocycles. The molecule has 1 aromatic carbocycles. The summed E-state index contributed by atoms with van der Waals surface area (Å²) in [6.45, 7) is 4.58. The second-order valence-corrected chi connectivity index (χ2v) is 4.82. The van der Waals surface area contributed by atoms with E-state index in [2.05, 4.69) is 13.8 Å². The first kappa shape index (κ1) is 11.8. The third kappa shape index (κ3) is 1.71. The van der Waals surface area contributed by atoms with E-state index in [1.165, 1.54) is 0 Å². The maximum Gasteiger partial charge on any atom is 0.154 e. The fraction of sp³-hybridized carbons (Fsp3) is 0.333. The average molecular weight is 258 g/mol. The molecule has 0 radical (unpaired) electrons. The van der Waals surface area contributed by atoms with Crippen LogP contribution in [0.25, 0.3) is 11.0 Å². The third-order valence-electron chi connectivity index (χ3n) is 2.63. The molecule has 0 fully saturated rings. The summed E-state index contributed by atoms with van der Waals surface area (Å²) in [5.41, 5.74) is 7.43. The van der Waals surface area contributed by atoms with Crippen LogP contribution in [-0.4, -0.2) is 0 Å². The van der Waals surface area contributed by atoms with Crippen LogP contribution in [0, 0.1) is 0 Å². The monoisotopic (exact) mass is 257 g/mol. The van der Waals surface area contributed by atoms with Crippen molar-refractivity contribution in [3.8, 4) is 0 Å². The Hall–Kier alpha value is -0.700. The minimum atomic E-state index is 0.344. The fourth-order valence-corrected chi connectivity index (χ4v) is 2.31. The highest BCUT2D eigenvalue weighted by Crippen LogP contribution is 2.38. The second kappa shape index (κ2) is 4.28. The molecule has 0 unspecified atom stereocenters. The van der Waals surface area contributed by atoms with Gasteiger partial charge in [-0.15, -0.1) is 0 Å². The van der Waals surface area contributed by atoms with Gasteiger partial charge in [0.2, 0.25) is 0 Å². The quantitative estimate of drug-likeness (QED) is 0.871. The van der Waals surface area contributed by atoms with Crippen LogP contribution in [0.4, 0.5) is 0 Å². The lowest BCUT2D eigenvalue weighted by atomic mass is 9.99. The van der Waals surface area contributed by atoms with Crippen LogP contribution in [0.5, 0.6) is 0 Å². The summed E-state index contributed by atoms with van der Waals surface area (Å²) in [7, 11) is 0. The van der Waals surface area contributed by atoms with Crippen molar-refractivity contribution in [3.63, 3.8) is 0 Å². The van der Waals surface area contributed by atoms with Crippen LogP contribution in [0.3, 0.4) is 0 Å². The third-order valence-corrected chi connectivity index (χ3v) is 3.42. The molecule has 1 aromatic heterocycles. The lowest BCUT2D eigenvalue weighted by Gasteiger charge is -2.04. The number of furan rings is 1. The topological polar surface area (TPSA) is 39.2 Å². The molecule has 0 aliphatic heterocycles. The number of hydrogen-bond donors (Lipinski definition) is 1. The number of benzene rings is 1. The molecule has 2 rings (SSSR count). The van der Waals surface area contributed by atoms with Crippen molar-refractivity contribution in [2.24, 2.45) is 5.73 Å². The first-order valence-electron chi connectivity index (χ1n) is 5.15. The zero-order valence-electron chi connectivity index (χ0n) is 9.18. The number of fused-ring (bicyclic) bond motifs is 1. The minimum absolute atomic E-state index is 0.344. The van der Waals surface area contributed by atoms with Gasteiger partial charge in [0.25, 0.3) is 0 Å². The Bertz CT molecular complexity index is 531. The normalized spacial score (nSPS) is 11.6. The smallest absolute Gasteiger partial charge is 0.154 e. The zero-order valence-corrected chi connectivity index (χ0v) is 10.7. The van der Waals surface area contributed by atoms with Gasteiger partial charge in [-0.25, -0.2) is 0 Å². The van der Waals surface area contributed by atoms with Crippen molar-refractivity contribution in [1.82, 2.24) is 0 Å². The van der Waals surface area contributed by atoms with Crippen molar-refractivity contribution in [3.05, 3.63) is 33.5 Å². The Kier molecular flexibility index (Phi) is 3.15. The Morgan fingerprint density at radius 1 is 1.31 bits per heavy atom. The summed E-state index contributed by atoms with van der Waals surface area (Å²) in [5.74, 6) is 1.13. The number of rotatable bonds is 2. The van der Waals surface area contributed by atoms with Gasteiger partial charge in [0.1, 0.15) is 10.8 Å². The Morgan fingerprint density at radius 3 is 2.56 bits per heavy atom. The SMILES string of the molecule is CC(C)c1c(CN)oc2c(Cl)c(Cl)ccc12. The first-order valence-corrected chi connectivity index (χ1v) is 5.91. The molecule has 0 saturated carbocycles. The van der Waals surface area contributed by atoms with Crippen molar-refractivity contribution >= 4 is 34.2 Å². The van der Waals surface area contributed by atoms with Crippen LogP contribution in [0.2, 0.25) is 10.0 Å². The largest absolute Gasteiger partial charge is 0.458 e. The molecule has 4 heteroatoms. The first-order chi connectivity index (χ1) is 7.56. The van der Waals surface area contributed by atoms with Gasteiger partial charge < -0.3 is 10.2 Å². The van der Waals surface area contributed by atoms with E-state index in [4.69, 9.17) is 33.4 Å². The van der Waals surface area contributed by atoms with Gasteiger partial charge in [0.05, 0.1) is 11.6 Å². The van der Waals surface area contributed by atoms with Gasteiger partial charge >= 0.3 is 0 Å². The van der Waals surface area contributed by atoms with Crippen LogP contribution >= 0.6 is 23.2 Å². The molecule has 2 aromatic rings. The van der Waals surface area contributed by atoms with E-state index in [1.54, 1.807) is 6.07 Å². The molecule has 2 nitrogen and oxygen atoms in total. The highest BCUT2D eigenvalue weighted by atomic mass is 35.5. The molecule has 1 heterocycles. The summed E-state index contributed by atoms with van der Waals surface area (Å²) in [6, 6.07) is 3.72. The minimum Gasteiger partial charge on any atom is -0.458 e. The van der Waals surface area contributed by atoms with Crippen molar-refractivity contribution < 1.29 is 4.42 Å². The van der Waals surface area contributed by atoms with Crippen molar-refractivity contribution in [2.45, 2.75) is 26.3 Å². The van der Waals surface area contributed by atoms with Crippen LogP contribution in [-0.2, 0) is 6.54 Å². The van der Waals surface area contributed by atoms with Crippen LogP contribution < -0.4 is 5.73 Å². The predicted octanol–water partition coefficient (Wildman–Crippen LogP) is 4.32. The van der Waals surface area contributed by atoms with Crippen molar-refractivity contribution in [1.29, 1.82) is 0 Å². The maximum absolute atomic E-state index is 6.11. The fourth-order valence-electron chi connectivity index (χ4n) is 1.96. The van der Waals surface area contributed by atoms with Gasteiger partial charge in [-0.2, -0.15) is 0 Å². The summed E-state index contributed by atoms with van der Waals surface area (Å²) >= 11 is 12.1. The molecule has 86 valence electrons. The van der Waals surface area contributed by atoms with Crippen molar-refractivity contribution in [2.75, 3.05) is 0 Å². The van der Waals surface area contributed by atoms with Crippen LogP contribution in [0.15, 0.2) is 16.5 Å². The Morgan fingerprint density at radius 2 is 2.00 bits per heavy atom. The lowest BCUT2D eigenvalue weighted by molar-refractivity contribution is 0.541. The summed E-state index contributed by atoms with van der Waals surface area (Å²) in [5, 5.41) is 1.97. The Labute approximate surface area is 104 Å². The molecule has 2 N–H and O–H groups in total. The maximum atomic E-state index is 6.11. The van der Waals surface area contributed by atoms with E-state index >= 15 is 0 Å². The standard InChI is InChI=1S/C12H13Cl2NO/c1-6(2)10-7-3-4-8(13)11(14)12(7)16-9(10)5-15/h3-4,6H,5,15H2,1-2H3. The van der Waals surface area contributed by atoms with Gasteiger partial charge in [-0.3, -0.25) is 0 Å². The average Bonchev–Trinajstić information content (AvgIpc) is 2.62. The van der Waals surface area contributed by atoms with Crippen LogP contribution in [0.1, 0.15) is 31.1 Å². The van der Waals surface area contributed by atoms with E-state index < -0.39 is 0 Å². The molecule has 16 heavy (non-hydrogen) atoms. The lowest BCUT2D eigenvalue weighted by Crippen LogP contribution is -1.99. The van der Waals surface area contributed by atoms with Gasteiger partial charge in [0, 0.05) is 10.9 Å². The molecule has 0 bridgehead atoms. The highest BCUT2D eigenvalue weighted by Gasteiger charge is 2.18. The summed E-state index contributed by atoms with van der Waals surface area (Å²) < 4.78 is 5.68. The highest BCUT2D eigenvalue weighted by molar-refractivity contribution is 6.44. The number of nitrogens with two attached hydrogens (primary N) is 1. The zero-order chi connectivity index (χ0) is 11.9. The summed E-state index contributed by atoms with van der Waals surface area (Å²) in [4.78, 5) is 0. The number of halogens is 2. The molecular formula is C12H13Cl2NO. The summed E-state index contributed by atoms with van der Waals surface area (Å²) in [6.07, 6.45) is 0. The number of hydrogen-bond acceptors (Lipinski definition) is 2. The second-order valence-electron chi connectivity index (χ2n) is 4.04. The van der Waals surface area contributed by atoms with E-state index in [0.29, 0.717) is 28.1 Å². The molecule has 0 saturated heterocycles. The van der Waals surface area contributed by atoms with Gasteiger partial charge in [-0.05, 0) is 18.1 Å². The molecular weight excluding hydrogens is 245 g/mol. The molecule has 0 spiro atoms. The van der Waals surface area contributed by atoms with E-state index in [-0.39, 0.29) is 0 Å². The van der Waals surface area contributed by atoms with E-state index in [1.807, 2.05) is 6.07 Å². The Balaban J connectivity index is 2.83. The van der Waals surface area contributed by atoms with E-state index in [0.717, 1.165) is 16.7 Å².